The standard InChI is InChI=1S/C21H24N6O2S2/c1-5-26-19-12-11-17(31(28,29)25(3)4)13-18(19)22-20(26)14-30-21-24-23-15(2)27(21)16-9-7-6-8-10-16/h6-13H,5,14H2,1-4H3. The molecule has 10 heteroatoms. The minimum absolute atomic E-state index is 0.240. The average Bonchev–Trinajstić information content (AvgIpc) is 3.31. The van der Waals surface area contributed by atoms with Gasteiger partial charge in [0.2, 0.25) is 10.0 Å². The summed E-state index contributed by atoms with van der Waals surface area (Å²) >= 11 is 1.55. The van der Waals surface area contributed by atoms with E-state index >= 15 is 0 Å². The molecule has 0 fully saturated rings. The molecule has 0 unspecified atom stereocenters. The van der Waals surface area contributed by atoms with E-state index < -0.39 is 10.0 Å². The van der Waals surface area contributed by atoms with Crippen LogP contribution in [0.5, 0.6) is 0 Å². The largest absolute Gasteiger partial charge is 0.328 e. The van der Waals surface area contributed by atoms with Crippen molar-refractivity contribution in [2.45, 2.75) is 36.2 Å². The summed E-state index contributed by atoms with van der Waals surface area (Å²) in [4.78, 5) is 4.98. The van der Waals surface area contributed by atoms with Gasteiger partial charge in [-0.1, -0.05) is 30.0 Å². The third-order valence-electron chi connectivity index (χ3n) is 5.03. The van der Waals surface area contributed by atoms with E-state index in [1.807, 2.05) is 47.9 Å². The van der Waals surface area contributed by atoms with E-state index in [0.29, 0.717) is 11.3 Å². The first-order chi connectivity index (χ1) is 14.8. The van der Waals surface area contributed by atoms with Crippen LogP contribution in [0.2, 0.25) is 0 Å². The number of benzene rings is 2. The average molecular weight is 457 g/mol. The van der Waals surface area contributed by atoms with E-state index in [1.54, 1.807) is 23.9 Å². The van der Waals surface area contributed by atoms with Crippen LogP contribution in [0.3, 0.4) is 0 Å². The van der Waals surface area contributed by atoms with Gasteiger partial charge in [-0.2, -0.15) is 0 Å². The number of nitrogens with zero attached hydrogens (tertiary/aromatic N) is 6. The van der Waals surface area contributed by atoms with Gasteiger partial charge in [0.1, 0.15) is 11.6 Å². The lowest BCUT2D eigenvalue weighted by molar-refractivity contribution is 0.521. The Morgan fingerprint density at radius 3 is 2.48 bits per heavy atom. The molecular weight excluding hydrogens is 432 g/mol. The van der Waals surface area contributed by atoms with Crippen LogP contribution in [-0.2, 0) is 22.3 Å². The Hall–Kier alpha value is -2.69. The summed E-state index contributed by atoms with van der Waals surface area (Å²) in [5.41, 5.74) is 2.59. The lowest BCUT2D eigenvalue weighted by atomic mass is 10.3. The lowest BCUT2D eigenvalue weighted by Crippen LogP contribution is -2.22. The predicted octanol–water partition coefficient (Wildman–Crippen LogP) is 3.49. The quantitative estimate of drug-likeness (QED) is 0.396. The molecule has 0 bridgehead atoms. The van der Waals surface area contributed by atoms with Crippen LogP contribution in [-0.4, -0.2) is 51.1 Å². The summed E-state index contributed by atoms with van der Waals surface area (Å²) in [6.07, 6.45) is 0. The molecule has 0 aliphatic heterocycles. The minimum Gasteiger partial charge on any atom is -0.328 e. The van der Waals surface area contributed by atoms with Crippen LogP contribution >= 0.6 is 11.8 Å². The number of fused-ring (bicyclic) bond motifs is 1. The van der Waals surface area contributed by atoms with Crippen molar-refractivity contribution in [3.8, 4) is 5.69 Å². The highest BCUT2D eigenvalue weighted by Crippen LogP contribution is 2.28. The molecule has 4 aromatic rings. The molecule has 0 N–H and O–H groups in total. The second-order valence-electron chi connectivity index (χ2n) is 7.20. The second-order valence-corrected chi connectivity index (χ2v) is 10.3. The van der Waals surface area contributed by atoms with Crippen molar-refractivity contribution in [3.05, 3.63) is 60.2 Å². The maximum absolute atomic E-state index is 12.5. The molecule has 162 valence electrons. The molecule has 0 amide bonds. The van der Waals surface area contributed by atoms with Crippen LogP contribution in [0, 0.1) is 6.92 Å². The summed E-state index contributed by atoms with van der Waals surface area (Å²) in [5, 5.41) is 9.36. The number of aryl methyl sites for hydroxylation is 2. The van der Waals surface area contributed by atoms with E-state index in [2.05, 4.69) is 21.7 Å². The topological polar surface area (TPSA) is 85.9 Å². The van der Waals surface area contributed by atoms with Crippen LogP contribution < -0.4 is 0 Å². The molecule has 0 radical (unpaired) electrons. The van der Waals surface area contributed by atoms with Crippen molar-refractivity contribution < 1.29 is 8.42 Å². The Bertz CT molecular complexity index is 1330. The molecule has 4 rings (SSSR count). The number of para-hydroxylation sites is 1. The van der Waals surface area contributed by atoms with Gasteiger partial charge in [-0.15, -0.1) is 10.2 Å². The fourth-order valence-electron chi connectivity index (χ4n) is 3.43. The van der Waals surface area contributed by atoms with Gasteiger partial charge in [0.05, 0.1) is 21.7 Å². The Labute approximate surface area is 186 Å². The van der Waals surface area contributed by atoms with Gasteiger partial charge in [0.25, 0.3) is 0 Å². The van der Waals surface area contributed by atoms with Crippen LogP contribution in [0.1, 0.15) is 18.6 Å². The third kappa shape index (κ3) is 3.98. The summed E-state index contributed by atoms with van der Waals surface area (Å²) in [6.45, 7) is 4.71. The number of hydrogen-bond acceptors (Lipinski definition) is 6. The number of imidazole rings is 1. The van der Waals surface area contributed by atoms with E-state index in [9.17, 15) is 8.42 Å². The number of hydrogen-bond donors (Lipinski definition) is 0. The normalized spacial score (nSPS) is 12.2. The number of aromatic nitrogens is 5. The highest BCUT2D eigenvalue weighted by molar-refractivity contribution is 7.98. The van der Waals surface area contributed by atoms with Crippen molar-refractivity contribution in [2.24, 2.45) is 0 Å². The monoisotopic (exact) mass is 456 g/mol. The first-order valence-electron chi connectivity index (χ1n) is 9.85. The Kier molecular flexibility index (Phi) is 5.87. The molecule has 0 aliphatic carbocycles. The van der Waals surface area contributed by atoms with Crippen molar-refractivity contribution >= 4 is 32.8 Å². The van der Waals surface area contributed by atoms with Gasteiger partial charge in [0, 0.05) is 26.3 Å². The maximum Gasteiger partial charge on any atom is 0.242 e. The molecule has 8 nitrogen and oxygen atoms in total. The molecule has 2 aromatic carbocycles. The van der Waals surface area contributed by atoms with Crippen LogP contribution in [0.25, 0.3) is 16.7 Å². The van der Waals surface area contributed by atoms with E-state index in [0.717, 1.165) is 34.6 Å². The minimum atomic E-state index is -3.51. The van der Waals surface area contributed by atoms with Gasteiger partial charge >= 0.3 is 0 Å². The van der Waals surface area contributed by atoms with Crippen molar-refractivity contribution in [1.29, 1.82) is 0 Å². The van der Waals surface area contributed by atoms with Crippen molar-refractivity contribution in [3.63, 3.8) is 0 Å². The van der Waals surface area contributed by atoms with Crippen molar-refractivity contribution in [2.75, 3.05) is 14.1 Å². The van der Waals surface area contributed by atoms with E-state index in [-0.39, 0.29) is 4.90 Å². The van der Waals surface area contributed by atoms with Gasteiger partial charge in [-0.05, 0) is 44.2 Å². The number of thioether (sulfide) groups is 1. The zero-order valence-corrected chi connectivity index (χ0v) is 19.5. The fourth-order valence-corrected chi connectivity index (χ4v) is 5.30. The molecule has 0 saturated heterocycles. The Morgan fingerprint density at radius 2 is 1.81 bits per heavy atom. The summed E-state index contributed by atoms with van der Waals surface area (Å²) < 4.78 is 30.3. The number of rotatable bonds is 7. The fraction of sp³-hybridized carbons (Fsp3) is 0.286. The molecule has 0 aliphatic rings. The second kappa shape index (κ2) is 8.45. The molecule has 31 heavy (non-hydrogen) atoms. The highest BCUT2D eigenvalue weighted by atomic mass is 32.2. The van der Waals surface area contributed by atoms with Crippen molar-refractivity contribution in [1.82, 2.24) is 28.6 Å². The zero-order chi connectivity index (χ0) is 22.2. The smallest absolute Gasteiger partial charge is 0.242 e. The van der Waals surface area contributed by atoms with E-state index in [4.69, 9.17) is 4.98 Å². The Balaban J connectivity index is 1.67. The first kappa shape index (κ1) is 21.5. The van der Waals surface area contributed by atoms with Gasteiger partial charge in [-0.3, -0.25) is 4.57 Å². The molecule has 2 heterocycles. The van der Waals surface area contributed by atoms with Crippen LogP contribution in [0.4, 0.5) is 0 Å². The first-order valence-corrected chi connectivity index (χ1v) is 12.3. The highest BCUT2D eigenvalue weighted by Gasteiger charge is 2.20. The third-order valence-corrected chi connectivity index (χ3v) is 7.77. The molecule has 0 spiro atoms. The summed E-state index contributed by atoms with van der Waals surface area (Å²) in [7, 11) is -0.460. The predicted molar refractivity (Wildman–Crippen MR) is 122 cm³/mol. The van der Waals surface area contributed by atoms with Gasteiger partial charge in [-0.25, -0.2) is 17.7 Å². The van der Waals surface area contributed by atoms with Crippen LogP contribution in [0.15, 0.2) is 58.6 Å². The maximum atomic E-state index is 12.5. The number of sulfonamides is 1. The molecule has 0 atom stereocenters. The van der Waals surface area contributed by atoms with Gasteiger partial charge < -0.3 is 4.57 Å². The van der Waals surface area contributed by atoms with E-state index in [1.165, 1.54) is 18.4 Å². The lowest BCUT2D eigenvalue weighted by Gasteiger charge is -2.11. The summed E-state index contributed by atoms with van der Waals surface area (Å²) in [5.74, 6) is 2.27. The van der Waals surface area contributed by atoms with Gasteiger partial charge in [0.15, 0.2) is 5.16 Å². The Morgan fingerprint density at radius 1 is 1.06 bits per heavy atom. The molecule has 2 aromatic heterocycles. The SMILES string of the molecule is CCn1c(CSc2nnc(C)n2-c2ccccc2)nc2cc(S(=O)(=O)N(C)C)ccc21. The molecular formula is C21H24N6O2S2. The molecule has 0 saturated carbocycles. The summed E-state index contributed by atoms with van der Waals surface area (Å²) in [6, 6.07) is 15.1. The zero-order valence-electron chi connectivity index (χ0n) is 17.8.